The summed E-state index contributed by atoms with van der Waals surface area (Å²) in [6, 6.07) is 14.6. The van der Waals surface area contributed by atoms with Crippen LogP contribution in [-0.2, 0) is 0 Å². The number of rotatable bonds is 3. The largest absolute Gasteiger partial charge is 0.496 e. The summed E-state index contributed by atoms with van der Waals surface area (Å²) in [5.74, 6) is 1.88. The van der Waals surface area contributed by atoms with Crippen molar-refractivity contribution in [2.75, 3.05) is 14.2 Å². The van der Waals surface area contributed by atoms with Gasteiger partial charge in [-0.2, -0.15) is 0 Å². The van der Waals surface area contributed by atoms with Gasteiger partial charge < -0.3 is 9.47 Å². The summed E-state index contributed by atoms with van der Waals surface area (Å²) in [6.45, 7) is 0. The molecule has 19 heavy (non-hydrogen) atoms. The molecule has 0 bridgehead atoms. The van der Waals surface area contributed by atoms with Crippen molar-refractivity contribution in [2.24, 2.45) is 0 Å². The Morgan fingerprint density at radius 1 is 0.789 bits per heavy atom. The van der Waals surface area contributed by atoms with E-state index in [1.54, 1.807) is 14.2 Å². The third kappa shape index (κ3) is 2.45. The average molecular weight is 308 g/mol. The number of fused-ring (bicyclic) bond motifs is 1. The molecule has 5 heteroatoms. The Labute approximate surface area is 122 Å². The number of hydrogen-bond donors (Lipinski definition) is 0. The van der Waals surface area contributed by atoms with Crippen molar-refractivity contribution in [1.29, 1.82) is 0 Å². The van der Waals surface area contributed by atoms with Gasteiger partial charge in [-0.05, 0) is 17.4 Å². The van der Waals surface area contributed by atoms with Crippen molar-refractivity contribution in [3.63, 3.8) is 0 Å². The van der Waals surface area contributed by atoms with Crippen LogP contribution in [0, 0.1) is 0 Å². The number of hydrogen-bond acceptors (Lipinski definition) is 4. The predicted octanol–water partition coefficient (Wildman–Crippen LogP) is 4.54. The zero-order valence-corrected chi connectivity index (χ0v) is 13.1. The van der Waals surface area contributed by atoms with Gasteiger partial charge in [-0.1, -0.05) is 53.1 Å². The Morgan fingerprint density at radius 2 is 1.32 bits per heavy atom. The summed E-state index contributed by atoms with van der Waals surface area (Å²) in [5.41, 5.74) is 0. The van der Waals surface area contributed by atoms with E-state index < -0.39 is 0 Å². The van der Waals surface area contributed by atoms with E-state index in [4.69, 9.17) is 9.47 Å². The molecule has 0 atom stereocenters. The minimum absolute atomic E-state index is 0.338. The van der Waals surface area contributed by atoms with Gasteiger partial charge in [0.2, 0.25) is 0 Å². The second kappa shape index (κ2) is 5.66. The molecule has 0 saturated carbocycles. The highest BCUT2D eigenvalue weighted by Crippen LogP contribution is 2.75. The molecule has 0 N–H and O–H groups in total. The van der Waals surface area contributed by atoms with Crippen molar-refractivity contribution < 1.29 is 9.47 Å². The van der Waals surface area contributed by atoms with Gasteiger partial charge in [-0.25, -0.2) is 0 Å². The Balaban J connectivity index is 1.99. The highest BCUT2D eigenvalue weighted by molar-refractivity contribution is 8.91. The predicted molar refractivity (Wildman–Crippen MR) is 84.3 cm³/mol. The number of benzene rings is 2. The summed E-state index contributed by atoms with van der Waals surface area (Å²) < 4.78 is 10.9. The fourth-order valence-corrected chi connectivity index (χ4v) is 9.56. The van der Waals surface area contributed by atoms with Crippen LogP contribution in [0.5, 0.6) is 11.5 Å². The summed E-state index contributed by atoms with van der Waals surface area (Å²) >= 11 is 3.79. The van der Waals surface area contributed by atoms with E-state index in [1.807, 2.05) is 34.9 Å². The first kappa shape index (κ1) is 13.2. The quantitative estimate of drug-likeness (QED) is 0.775. The Kier molecular flexibility index (Phi) is 3.92. The van der Waals surface area contributed by atoms with Crippen LogP contribution < -0.4 is 14.8 Å². The van der Waals surface area contributed by atoms with Gasteiger partial charge in [0.05, 0.1) is 30.3 Å². The zero-order chi connectivity index (χ0) is 13.2. The van der Waals surface area contributed by atoms with Crippen LogP contribution in [0.25, 0.3) is 0 Å². The van der Waals surface area contributed by atoms with E-state index in [1.165, 1.54) is 15.1 Å². The maximum Gasteiger partial charge on any atom is 0.134 e. The number of methoxy groups -OCH3 is 2. The lowest BCUT2D eigenvalue weighted by atomic mass is 10.3. The standard InChI is InChI=1S/C14H13O2PS2/c1-15-11-8-9-12(16-2)14-13(11)18-17(19-14)10-6-4-3-5-7-10/h3-9H,1-2H3. The minimum Gasteiger partial charge on any atom is -0.496 e. The minimum atomic E-state index is -0.338. The van der Waals surface area contributed by atoms with Crippen molar-refractivity contribution in [3.05, 3.63) is 42.5 Å². The van der Waals surface area contributed by atoms with E-state index in [2.05, 4.69) is 30.3 Å². The molecular formula is C14H13O2PS2. The molecule has 0 spiro atoms. The van der Waals surface area contributed by atoms with Crippen LogP contribution >= 0.6 is 29.1 Å². The molecule has 1 aliphatic heterocycles. The molecule has 0 amide bonds. The molecular weight excluding hydrogens is 295 g/mol. The molecule has 98 valence electrons. The second-order valence-electron chi connectivity index (χ2n) is 3.90. The molecule has 0 aromatic heterocycles. The Hall–Kier alpha value is -0.830. The summed E-state index contributed by atoms with van der Waals surface area (Å²) in [7, 11) is 3.44. The van der Waals surface area contributed by atoms with Gasteiger partial charge in [-0.15, -0.1) is 0 Å². The first-order chi connectivity index (χ1) is 9.33. The smallest absolute Gasteiger partial charge is 0.134 e. The lowest BCUT2D eigenvalue weighted by Crippen LogP contribution is -1.92. The van der Waals surface area contributed by atoms with E-state index >= 15 is 0 Å². The third-order valence-electron chi connectivity index (χ3n) is 2.80. The maximum atomic E-state index is 5.46. The lowest BCUT2D eigenvalue weighted by molar-refractivity contribution is 0.384. The molecule has 2 aromatic carbocycles. The van der Waals surface area contributed by atoms with E-state index in [0.717, 1.165) is 11.5 Å². The molecule has 0 radical (unpaired) electrons. The molecule has 0 saturated heterocycles. The van der Waals surface area contributed by atoms with Crippen LogP contribution in [0.4, 0.5) is 0 Å². The Morgan fingerprint density at radius 3 is 1.79 bits per heavy atom. The van der Waals surface area contributed by atoms with Gasteiger partial charge in [0.1, 0.15) is 11.5 Å². The van der Waals surface area contributed by atoms with Crippen molar-refractivity contribution >= 4 is 34.4 Å². The third-order valence-corrected chi connectivity index (χ3v) is 9.85. The summed E-state index contributed by atoms with van der Waals surface area (Å²) in [6.07, 6.45) is -0.338. The van der Waals surface area contributed by atoms with Crippen molar-refractivity contribution in [3.8, 4) is 11.5 Å². The molecule has 0 aliphatic carbocycles. The van der Waals surface area contributed by atoms with Crippen molar-refractivity contribution in [1.82, 2.24) is 0 Å². The molecule has 3 rings (SSSR count). The molecule has 2 aromatic rings. The van der Waals surface area contributed by atoms with Crippen LogP contribution in [0.15, 0.2) is 52.3 Å². The number of ether oxygens (including phenoxy) is 2. The molecule has 1 aliphatic rings. The SMILES string of the molecule is COc1ccc(OC)c2c1SP(c1ccccc1)S2. The topological polar surface area (TPSA) is 18.5 Å². The van der Waals surface area contributed by atoms with E-state index in [9.17, 15) is 0 Å². The van der Waals surface area contributed by atoms with Crippen LogP contribution in [0.2, 0.25) is 0 Å². The van der Waals surface area contributed by atoms with Gasteiger partial charge in [-0.3, -0.25) is 0 Å². The highest BCUT2D eigenvalue weighted by atomic mass is 33.1. The van der Waals surface area contributed by atoms with Gasteiger partial charge in [0.15, 0.2) is 0 Å². The average Bonchev–Trinajstić information content (AvgIpc) is 2.92. The maximum absolute atomic E-state index is 5.46. The zero-order valence-electron chi connectivity index (χ0n) is 10.6. The Bertz CT molecular complexity index is 556. The van der Waals surface area contributed by atoms with Crippen LogP contribution in [0.3, 0.4) is 0 Å². The molecule has 0 fully saturated rings. The van der Waals surface area contributed by atoms with E-state index in [0.29, 0.717) is 0 Å². The van der Waals surface area contributed by atoms with Gasteiger partial charge in [0.25, 0.3) is 0 Å². The molecule has 1 heterocycles. The monoisotopic (exact) mass is 308 g/mol. The van der Waals surface area contributed by atoms with E-state index in [-0.39, 0.29) is 6.33 Å². The fraction of sp³-hybridized carbons (Fsp3) is 0.143. The normalized spacial score (nSPS) is 14.2. The van der Waals surface area contributed by atoms with Crippen LogP contribution in [0.1, 0.15) is 0 Å². The summed E-state index contributed by atoms with van der Waals surface area (Å²) in [4.78, 5) is 2.42. The molecule has 2 nitrogen and oxygen atoms in total. The lowest BCUT2D eigenvalue weighted by Gasteiger charge is -2.08. The van der Waals surface area contributed by atoms with Crippen LogP contribution in [-0.4, -0.2) is 14.2 Å². The first-order valence-electron chi connectivity index (χ1n) is 5.79. The van der Waals surface area contributed by atoms with Crippen molar-refractivity contribution in [2.45, 2.75) is 9.79 Å². The first-order valence-corrected chi connectivity index (χ1v) is 9.98. The fourth-order valence-electron chi connectivity index (χ4n) is 1.86. The second-order valence-corrected chi connectivity index (χ2v) is 10.1. The summed E-state index contributed by atoms with van der Waals surface area (Å²) in [5, 5.41) is 1.38. The highest BCUT2D eigenvalue weighted by Gasteiger charge is 2.30. The van der Waals surface area contributed by atoms with Gasteiger partial charge in [0, 0.05) is 0 Å². The molecule has 0 unspecified atom stereocenters. The van der Waals surface area contributed by atoms with Gasteiger partial charge >= 0.3 is 0 Å².